The third-order valence-corrected chi connectivity index (χ3v) is 2.25. The minimum Gasteiger partial charge on any atom is -0.467 e. The lowest BCUT2D eigenvalue weighted by atomic mass is 10.3. The van der Waals surface area contributed by atoms with Gasteiger partial charge in [-0.15, -0.1) is 0 Å². The van der Waals surface area contributed by atoms with Gasteiger partial charge in [-0.1, -0.05) is 0 Å². The minimum absolute atomic E-state index is 0.266. The van der Waals surface area contributed by atoms with E-state index in [-0.39, 0.29) is 12.7 Å². The Morgan fingerprint density at radius 3 is 2.94 bits per heavy atom. The third-order valence-electron chi connectivity index (χ3n) is 2.25. The first-order valence-corrected chi connectivity index (χ1v) is 5.85. The number of ether oxygens (including phenoxy) is 1. The van der Waals surface area contributed by atoms with Gasteiger partial charge >= 0.3 is 0 Å². The fourth-order valence-electron chi connectivity index (χ4n) is 1.33. The lowest BCUT2D eigenvalue weighted by Gasteiger charge is -2.12. The number of aliphatic hydroxyl groups excluding tert-OH is 2. The summed E-state index contributed by atoms with van der Waals surface area (Å²) in [4.78, 5) is 0. The van der Waals surface area contributed by atoms with Gasteiger partial charge in [0.2, 0.25) is 0 Å². The van der Waals surface area contributed by atoms with Crippen molar-refractivity contribution in [3.63, 3.8) is 0 Å². The molecule has 5 heteroatoms. The molecule has 0 amide bonds. The molecule has 0 aliphatic rings. The summed E-state index contributed by atoms with van der Waals surface area (Å²) in [7, 11) is 0. The number of hydrogen-bond acceptors (Lipinski definition) is 5. The highest BCUT2D eigenvalue weighted by Crippen LogP contribution is 2.01. The van der Waals surface area contributed by atoms with Crippen molar-refractivity contribution in [2.75, 3.05) is 19.7 Å². The second-order valence-corrected chi connectivity index (χ2v) is 4.09. The maximum Gasteiger partial charge on any atom is 0.129 e. The van der Waals surface area contributed by atoms with E-state index in [1.165, 1.54) is 0 Å². The molecule has 0 radical (unpaired) electrons. The zero-order chi connectivity index (χ0) is 12.5. The molecule has 5 nitrogen and oxygen atoms in total. The van der Waals surface area contributed by atoms with Crippen LogP contribution in [-0.4, -0.2) is 42.1 Å². The number of furan rings is 1. The van der Waals surface area contributed by atoms with Gasteiger partial charge in [0.25, 0.3) is 0 Å². The quantitative estimate of drug-likeness (QED) is 0.551. The molecule has 98 valence electrons. The van der Waals surface area contributed by atoms with E-state index in [1.807, 2.05) is 6.07 Å². The predicted molar refractivity (Wildman–Crippen MR) is 63.5 cm³/mol. The average molecular weight is 243 g/mol. The van der Waals surface area contributed by atoms with Crippen LogP contribution in [0, 0.1) is 0 Å². The molecule has 17 heavy (non-hydrogen) atoms. The molecule has 0 aromatic carbocycles. The van der Waals surface area contributed by atoms with Gasteiger partial charge in [-0.3, -0.25) is 0 Å². The molecule has 2 atom stereocenters. The first-order chi connectivity index (χ1) is 8.18. The van der Waals surface area contributed by atoms with Crippen LogP contribution < -0.4 is 5.32 Å². The first-order valence-electron chi connectivity index (χ1n) is 5.85. The lowest BCUT2D eigenvalue weighted by molar-refractivity contribution is 0.0224. The minimum atomic E-state index is -0.543. The van der Waals surface area contributed by atoms with Crippen molar-refractivity contribution in [2.45, 2.75) is 32.2 Å². The Balaban J connectivity index is 1.96. The summed E-state index contributed by atoms with van der Waals surface area (Å²) < 4.78 is 10.4. The molecule has 3 N–H and O–H groups in total. The van der Waals surface area contributed by atoms with E-state index in [9.17, 15) is 5.11 Å². The standard InChI is InChI=1S/C12H21NO4/c1-10(14)4-5-13-7-11(15)8-16-9-12-3-2-6-17-12/h2-3,6,10-11,13-15H,4-5,7-9H2,1H3. The Morgan fingerprint density at radius 1 is 1.47 bits per heavy atom. The topological polar surface area (TPSA) is 74.9 Å². The molecule has 0 saturated carbocycles. The molecule has 0 fully saturated rings. The van der Waals surface area contributed by atoms with Crippen LogP contribution in [0.4, 0.5) is 0 Å². The molecule has 0 aliphatic heterocycles. The van der Waals surface area contributed by atoms with E-state index >= 15 is 0 Å². The van der Waals surface area contributed by atoms with E-state index in [1.54, 1.807) is 19.3 Å². The van der Waals surface area contributed by atoms with Gasteiger partial charge in [0.1, 0.15) is 12.4 Å². The Hall–Kier alpha value is -0.880. The Kier molecular flexibility index (Phi) is 6.88. The van der Waals surface area contributed by atoms with Crippen molar-refractivity contribution >= 4 is 0 Å². The van der Waals surface area contributed by atoms with E-state index in [0.717, 1.165) is 5.76 Å². The van der Waals surface area contributed by atoms with Crippen LogP contribution in [0.5, 0.6) is 0 Å². The molecule has 1 rings (SSSR count). The van der Waals surface area contributed by atoms with Gasteiger partial charge in [-0.05, 0) is 32.0 Å². The summed E-state index contributed by atoms with van der Waals surface area (Å²) >= 11 is 0. The van der Waals surface area contributed by atoms with Gasteiger partial charge in [0.05, 0.1) is 25.1 Å². The molecular formula is C12H21NO4. The average Bonchev–Trinajstić information content (AvgIpc) is 2.77. The van der Waals surface area contributed by atoms with Gasteiger partial charge in [-0.2, -0.15) is 0 Å². The van der Waals surface area contributed by atoms with Crippen molar-refractivity contribution in [1.82, 2.24) is 5.32 Å². The first kappa shape index (κ1) is 14.2. The van der Waals surface area contributed by atoms with Crippen LogP contribution in [0.25, 0.3) is 0 Å². The van der Waals surface area contributed by atoms with Crippen molar-refractivity contribution < 1.29 is 19.4 Å². The van der Waals surface area contributed by atoms with Crippen molar-refractivity contribution in [1.29, 1.82) is 0 Å². The summed E-state index contributed by atoms with van der Waals surface area (Å²) in [5.41, 5.74) is 0. The van der Waals surface area contributed by atoms with Crippen molar-refractivity contribution in [3.8, 4) is 0 Å². The molecular weight excluding hydrogens is 222 g/mol. The fourth-order valence-corrected chi connectivity index (χ4v) is 1.33. The maximum absolute atomic E-state index is 9.56. The highest BCUT2D eigenvalue weighted by atomic mass is 16.5. The van der Waals surface area contributed by atoms with Gasteiger partial charge in [-0.25, -0.2) is 0 Å². The van der Waals surface area contributed by atoms with E-state index in [0.29, 0.717) is 26.1 Å². The second-order valence-electron chi connectivity index (χ2n) is 4.09. The van der Waals surface area contributed by atoms with E-state index in [4.69, 9.17) is 14.3 Å². The Labute approximate surface area is 101 Å². The molecule has 0 saturated heterocycles. The van der Waals surface area contributed by atoms with E-state index in [2.05, 4.69) is 5.32 Å². The SMILES string of the molecule is CC(O)CCNCC(O)COCc1ccco1. The van der Waals surface area contributed by atoms with Crippen LogP contribution in [0.1, 0.15) is 19.1 Å². The highest BCUT2D eigenvalue weighted by molar-refractivity contribution is 4.96. The summed E-state index contributed by atoms with van der Waals surface area (Å²) in [6.45, 7) is 3.53. The number of aliphatic hydroxyl groups is 2. The monoisotopic (exact) mass is 243 g/mol. The van der Waals surface area contributed by atoms with Crippen LogP contribution >= 0.6 is 0 Å². The molecule has 0 aliphatic carbocycles. The van der Waals surface area contributed by atoms with Crippen LogP contribution in [-0.2, 0) is 11.3 Å². The highest BCUT2D eigenvalue weighted by Gasteiger charge is 2.05. The molecule has 1 aromatic rings. The molecule has 1 heterocycles. The predicted octanol–water partition coefficient (Wildman–Crippen LogP) is 0.518. The zero-order valence-corrected chi connectivity index (χ0v) is 10.1. The Morgan fingerprint density at radius 2 is 2.29 bits per heavy atom. The maximum atomic E-state index is 9.56. The van der Waals surface area contributed by atoms with Gasteiger partial charge < -0.3 is 24.7 Å². The van der Waals surface area contributed by atoms with Crippen molar-refractivity contribution in [2.24, 2.45) is 0 Å². The van der Waals surface area contributed by atoms with Crippen molar-refractivity contribution in [3.05, 3.63) is 24.2 Å². The summed E-state index contributed by atoms with van der Waals surface area (Å²) in [5, 5.41) is 21.6. The second kappa shape index (κ2) is 8.25. The molecule has 2 unspecified atom stereocenters. The van der Waals surface area contributed by atoms with Crippen LogP contribution in [0.2, 0.25) is 0 Å². The number of rotatable bonds is 9. The number of nitrogens with one attached hydrogen (secondary N) is 1. The van der Waals surface area contributed by atoms with E-state index < -0.39 is 6.10 Å². The lowest BCUT2D eigenvalue weighted by Crippen LogP contribution is -2.31. The summed E-state index contributed by atoms with van der Waals surface area (Å²) in [6, 6.07) is 3.63. The van der Waals surface area contributed by atoms with Crippen LogP contribution in [0.15, 0.2) is 22.8 Å². The molecule has 1 aromatic heterocycles. The molecule has 0 spiro atoms. The van der Waals surface area contributed by atoms with Gasteiger partial charge in [0.15, 0.2) is 0 Å². The molecule has 0 bridgehead atoms. The third kappa shape index (κ3) is 7.12. The summed E-state index contributed by atoms with van der Waals surface area (Å²) in [5.74, 6) is 0.749. The smallest absolute Gasteiger partial charge is 0.129 e. The van der Waals surface area contributed by atoms with Crippen LogP contribution in [0.3, 0.4) is 0 Å². The fraction of sp³-hybridized carbons (Fsp3) is 0.667. The largest absolute Gasteiger partial charge is 0.467 e. The zero-order valence-electron chi connectivity index (χ0n) is 10.1. The normalized spacial score (nSPS) is 14.8. The number of hydrogen-bond donors (Lipinski definition) is 3. The summed E-state index contributed by atoms with van der Waals surface area (Å²) in [6.07, 6.45) is 1.42. The van der Waals surface area contributed by atoms with Gasteiger partial charge in [0, 0.05) is 6.54 Å². The Bertz CT molecular complexity index is 274.